The summed E-state index contributed by atoms with van der Waals surface area (Å²) >= 11 is 0. The maximum absolute atomic E-state index is 5.50. The Morgan fingerprint density at radius 3 is 2.64 bits per heavy atom. The molecule has 1 aliphatic rings. The van der Waals surface area contributed by atoms with Crippen molar-refractivity contribution in [1.29, 1.82) is 0 Å². The van der Waals surface area contributed by atoms with Crippen LogP contribution in [0.5, 0.6) is 0 Å². The molecule has 0 saturated heterocycles. The van der Waals surface area contributed by atoms with Crippen LogP contribution in [0.1, 0.15) is 48.1 Å². The lowest BCUT2D eigenvalue weighted by Crippen LogP contribution is -2.15. The molecule has 3 rings (SSSR count). The lowest BCUT2D eigenvalue weighted by Gasteiger charge is -2.16. The van der Waals surface area contributed by atoms with Crippen LogP contribution in [0.2, 0.25) is 0 Å². The molecule has 6 heteroatoms. The van der Waals surface area contributed by atoms with Crippen molar-refractivity contribution in [3.8, 4) is 0 Å². The van der Waals surface area contributed by atoms with Crippen molar-refractivity contribution < 1.29 is 9.68 Å². The molecule has 28 heavy (non-hydrogen) atoms. The smallest absolute Gasteiger partial charge is 0.141 e. The highest BCUT2D eigenvalue weighted by atomic mass is 16.6. The maximum Gasteiger partial charge on any atom is 0.141 e. The Balaban J connectivity index is 1.50. The first kappa shape index (κ1) is 19.7. The average Bonchev–Trinajstić information content (AvgIpc) is 2.68. The maximum atomic E-state index is 5.50. The Hall–Kier alpha value is -3.02. The number of pyridine rings is 2. The van der Waals surface area contributed by atoms with Gasteiger partial charge in [-0.1, -0.05) is 29.0 Å². The molecule has 0 N–H and O–H groups in total. The topological polar surface area (TPSA) is 69.0 Å². The van der Waals surface area contributed by atoms with Crippen LogP contribution in [0.3, 0.4) is 0 Å². The van der Waals surface area contributed by atoms with E-state index in [9.17, 15) is 0 Å². The number of oxime groups is 2. The molecular formula is C22H26N4O2. The van der Waals surface area contributed by atoms with Crippen LogP contribution >= 0.6 is 0 Å². The molecule has 0 atom stereocenters. The van der Waals surface area contributed by atoms with Gasteiger partial charge in [-0.2, -0.15) is 0 Å². The van der Waals surface area contributed by atoms with Gasteiger partial charge in [0.25, 0.3) is 0 Å². The SMILES string of the molecule is C=C(CO/N=C(\C)c1cccc(C)n1)CO/N=C1\CCCc2ccc(C)nc21. The fraction of sp³-hybridized carbons (Fsp3) is 0.364. The van der Waals surface area contributed by atoms with E-state index < -0.39 is 0 Å². The van der Waals surface area contributed by atoms with Crippen LogP contribution in [0.25, 0.3) is 0 Å². The minimum Gasteiger partial charge on any atom is -0.391 e. The number of fused-ring (bicyclic) bond motifs is 1. The fourth-order valence-electron chi connectivity index (χ4n) is 2.95. The molecule has 0 unspecified atom stereocenters. The summed E-state index contributed by atoms with van der Waals surface area (Å²) in [5.41, 5.74) is 7.30. The molecule has 2 aromatic heterocycles. The van der Waals surface area contributed by atoms with Crippen molar-refractivity contribution in [1.82, 2.24) is 9.97 Å². The van der Waals surface area contributed by atoms with Gasteiger partial charge in [-0.15, -0.1) is 0 Å². The molecule has 6 nitrogen and oxygen atoms in total. The molecule has 0 radical (unpaired) electrons. The van der Waals surface area contributed by atoms with Crippen LogP contribution < -0.4 is 0 Å². The van der Waals surface area contributed by atoms with E-state index in [1.165, 1.54) is 5.56 Å². The van der Waals surface area contributed by atoms with Gasteiger partial charge < -0.3 is 9.68 Å². The van der Waals surface area contributed by atoms with Crippen LogP contribution in [-0.4, -0.2) is 34.6 Å². The van der Waals surface area contributed by atoms with E-state index in [0.717, 1.165) is 59.0 Å². The zero-order valence-corrected chi connectivity index (χ0v) is 16.7. The Morgan fingerprint density at radius 2 is 1.82 bits per heavy atom. The van der Waals surface area contributed by atoms with Gasteiger partial charge in [0, 0.05) is 17.0 Å². The number of hydrogen-bond acceptors (Lipinski definition) is 6. The summed E-state index contributed by atoms with van der Waals surface area (Å²) in [5, 5.41) is 8.40. The predicted octanol–water partition coefficient (Wildman–Crippen LogP) is 4.15. The van der Waals surface area contributed by atoms with Gasteiger partial charge in [-0.3, -0.25) is 9.97 Å². The first-order valence-electron chi connectivity index (χ1n) is 9.46. The molecule has 0 aliphatic heterocycles. The van der Waals surface area contributed by atoms with E-state index in [1.54, 1.807) is 0 Å². The summed E-state index contributed by atoms with van der Waals surface area (Å²) < 4.78 is 0. The summed E-state index contributed by atoms with van der Waals surface area (Å²) in [6, 6.07) is 9.96. The van der Waals surface area contributed by atoms with Crippen LogP contribution in [0, 0.1) is 13.8 Å². The van der Waals surface area contributed by atoms with E-state index in [1.807, 2.05) is 45.0 Å². The third-order valence-corrected chi connectivity index (χ3v) is 4.42. The van der Waals surface area contributed by atoms with Gasteiger partial charge in [0.2, 0.25) is 0 Å². The Morgan fingerprint density at radius 1 is 1.04 bits per heavy atom. The molecule has 0 amide bonds. The van der Waals surface area contributed by atoms with Gasteiger partial charge in [0.05, 0.1) is 11.4 Å². The molecule has 2 heterocycles. The summed E-state index contributed by atoms with van der Waals surface area (Å²) in [5.74, 6) is 0. The molecular weight excluding hydrogens is 352 g/mol. The second-order valence-electron chi connectivity index (χ2n) is 6.99. The number of aryl methyl sites for hydroxylation is 3. The second kappa shape index (κ2) is 9.26. The van der Waals surface area contributed by atoms with Crippen molar-refractivity contribution in [3.63, 3.8) is 0 Å². The van der Waals surface area contributed by atoms with Gasteiger partial charge in [0.1, 0.15) is 24.6 Å². The van der Waals surface area contributed by atoms with Crippen molar-refractivity contribution in [3.05, 3.63) is 70.8 Å². The molecule has 0 aromatic carbocycles. The number of rotatable bonds is 7. The first-order valence-corrected chi connectivity index (χ1v) is 9.46. The molecule has 0 spiro atoms. The van der Waals surface area contributed by atoms with Crippen molar-refractivity contribution in [2.24, 2.45) is 10.3 Å². The van der Waals surface area contributed by atoms with Crippen LogP contribution in [0.15, 0.2) is 52.8 Å². The van der Waals surface area contributed by atoms with E-state index in [4.69, 9.17) is 9.68 Å². The molecule has 2 aromatic rings. The summed E-state index contributed by atoms with van der Waals surface area (Å²) in [7, 11) is 0. The second-order valence-corrected chi connectivity index (χ2v) is 6.99. The molecule has 146 valence electrons. The third-order valence-electron chi connectivity index (χ3n) is 4.42. The van der Waals surface area contributed by atoms with Gasteiger partial charge >= 0.3 is 0 Å². The van der Waals surface area contributed by atoms with Crippen molar-refractivity contribution in [2.75, 3.05) is 13.2 Å². The fourth-order valence-corrected chi connectivity index (χ4v) is 2.95. The Kier molecular flexibility index (Phi) is 6.53. The van der Waals surface area contributed by atoms with Crippen LogP contribution in [-0.2, 0) is 16.1 Å². The van der Waals surface area contributed by atoms with Gasteiger partial charge in [0.15, 0.2) is 0 Å². The Bertz CT molecular complexity index is 919. The molecule has 0 saturated carbocycles. The average molecular weight is 378 g/mol. The van der Waals surface area contributed by atoms with E-state index >= 15 is 0 Å². The van der Waals surface area contributed by atoms with Crippen molar-refractivity contribution >= 4 is 11.4 Å². The standard InChI is InChI=1S/C22H26N4O2/c1-15(13-27-25-18(4)20-9-5-7-16(2)23-20)14-28-26-21-10-6-8-19-12-11-17(3)24-22(19)21/h5,7,9,11-12H,1,6,8,10,13-14H2,2-4H3/b25-18+,26-21+. The third kappa shape index (κ3) is 5.25. The normalized spacial score (nSPS) is 15.2. The summed E-state index contributed by atoms with van der Waals surface area (Å²) in [4.78, 5) is 19.9. The van der Waals surface area contributed by atoms with Crippen LogP contribution in [0.4, 0.5) is 0 Å². The lowest BCUT2D eigenvalue weighted by molar-refractivity contribution is 0.128. The van der Waals surface area contributed by atoms with Gasteiger partial charge in [-0.25, -0.2) is 0 Å². The van der Waals surface area contributed by atoms with Gasteiger partial charge in [-0.05, 0) is 63.8 Å². The van der Waals surface area contributed by atoms with E-state index in [0.29, 0.717) is 0 Å². The minimum absolute atomic E-state index is 0.266. The largest absolute Gasteiger partial charge is 0.391 e. The number of nitrogens with zero attached hydrogens (tertiary/aromatic N) is 4. The predicted molar refractivity (Wildman–Crippen MR) is 111 cm³/mol. The highest BCUT2D eigenvalue weighted by molar-refractivity contribution is 6.00. The number of hydrogen-bond donors (Lipinski definition) is 0. The number of aromatic nitrogens is 2. The Labute approximate surface area is 166 Å². The van der Waals surface area contributed by atoms with E-state index in [2.05, 4.69) is 32.9 Å². The molecule has 0 bridgehead atoms. The lowest BCUT2D eigenvalue weighted by atomic mass is 9.94. The van der Waals surface area contributed by atoms with E-state index in [-0.39, 0.29) is 13.2 Å². The van der Waals surface area contributed by atoms with Crippen molar-refractivity contribution in [2.45, 2.75) is 40.0 Å². The minimum atomic E-state index is 0.266. The quantitative estimate of drug-likeness (QED) is 0.412. The first-order chi connectivity index (χ1) is 13.5. The molecule has 0 fully saturated rings. The highest BCUT2D eigenvalue weighted by Crippen LogP contribution is 2.20. The summed E-state index contributed by atoms with van der Waals surface area (Å²) in [6.45, 7) is 10.3. The summed E-state index contributed by atoms with van der Waals surface area (Å²) in [6.07, 6.45) is 2.97. The molecule has 1 aliphatic carbocycles. The monoisotopic (exact) mass is 378 g/mol. The highest BCUT2D eigenvalue weighted by Gasteiger charge is 2.17. The zero-order valence-electron chi connectivity index (χ0n) is 16.7. The zero-order chi connectivity index (χ0) is 19.9.